The summed E-state index contributed by atoms with van der Waals surface area (Å²) in [6.45, 7) is 0. The van der Waals surface area contributed by atoms with Crippen LogP contribution in [0.2, 0.25) is 15.1 Å². The van der Waals surface area contributed by atoms with Crippen LogP contribution < -0.4 is 0 Å². The highest BCUT2D eigenvalue weighted by molar-refractivity contribution is 7.99. The largest absolute Gasteiger partial charge is 0.290 e. The zero-order valence-corrected chi connectivity index (χ0v) is 13.5. The first-order valence-electron chi connectivity index (χ1n) is 5.55. The molecule has 6 nitrogen and oxygen atoms in total. The van der Waals surface area contributed by atoms with Crippen molar-refractivity contribution in [2.45, 2.75) is 9.79 Å². The maximum Gasteiger partial charge on any atom is 0.290 e. The Morgan fingerprint density at radius 1 is 0.818 bits per heavy atom. The van der Waals surface area contributed by atoms with Crippen LogP contribution in [-0.4, -0.2) is 9.85 Å². The third-order valence-corrected chi connectivity index (χ3v) is 4.81. The highest BCUT2D eigenvalue weighted by Crippen LogP contribution is 2.42. The maximum atomic E-state index is 11.1. The molecule has 0 amide bonds. The number of nitro benzene ring substituents is 2. The van der Waals surface area contributed by atoms with E-state index in [0.717, 1.165) is 17.8 Å². The van der Waals surface area contributed by atoms with Gasteiger partial charge in [-0.2, -0.15) is 0 Å². The standard InChI is InChI=1S/C12H5Cl3N2O4S/c13-7-4-9(15)12(5-8(7)14)22-11-2-1-6(16(18)19)3-10(11)17(20)21/h1-5H. The monoisotopic (exact) mass is 378 g/mol. The maximum absolute atomic E-state index is 11.1. The highest BCUT2D eigenvalue weighted by atomic mass is 35.5. The Labute approximate surface area is 143 Å². The van der Waals surface area contributed by atoms with Crippen molar-refractivity contribution in [1.82, 2.24) is 0 Å². The van der Waals surface area contributed by atoms with Crippen LogP contribution >= 0.6 is 46.6 Å². The fraction of sp³-hybridized carbons (Fsp3) is 0. The highest BCUT2D eigenvalue weighted by Gasteiger charge is 2.21. The first-order chi connectivity index (χ1) is 10.3. The van der Waals surface area contributed by atoms with E-state index in [1.807, 2.05) is 0 Å². The molecule has 0 heterocycles. The molecule has 2 aromatic carbocycles. The quantitative estimate of drug-likeness (QED) is 0.391. The van der Waals surface area contributed by atoms with E-state index in [9.17, 15) is 20.2 Å². The minimum absolute atomic E-state index is 0.205. The Morgan fingerprint density at radius 3 is 2.05 bits per heavy atom. The van der Waals surface area contributed by atoms with Crippen molar-refractivity contribution in [3.63, 3.8) is 0 Å². The van der Waals surface area contributed by atoms with Crippen LogP contribution in [0.5, 0.6) is 0 Å². The number of nitrogens with zero attached hydrogens (tertiary/aromatic N) is 2. The third kappa shape index (κ3) is 3.61. The molecule has 0 N–H and O–H groups in total. The second-order valence-corrected chi connectivity index (χ2v) is 6.27. The Hall–Kier alpha value is -1.54. The topological polar surface area (TPSA) is 86.3 Å². The number of hydrogen-bond donors (Lipinski definition) is 0. The van der Waals surface area contributed by atoms with Crippen LogP contribution in [0, 0.1) is 20.2 Å². The number of non-ortho nitro benzene ring substituents is 1. The molecule has 0 fully saturated rings. The summed E-state index contributed by atoms with van der Waals surface area (Å²) < 4.78 is 0. The molecule has 0 bridgehead atoms. The molecule has 2 rings (SSSR count). The summed E-state index contributed by atoms with van der Waals surface area (Å²) in [4.78, 5) is 21.0. The SMILES string of the molecule is O=[N+]([O-])c1ccc(Sc2cc(Cl)c(Cl)cc2Cl)c([N+](=O)[O-])c1. The molecule has 2 aromatic rings. The predicted octanol–water partition coefficient (Wildman–Crippen LogP) is 5.61. The van der Waals surface area contributed by atoms with Crippen LogP contribution in [-0.2, 0) is 0 Å². The van der Waals surface area contributed by atoms with Gasteiger partial charge < -0.3 is 0 Å². The van der Waals surface area contributed by atoms with Gasteiger partial charge in [-0.25, -0.2) is 0 Å². The number of benzene rings is 2. The van der Waals surface area contributed by atoms with Gasteiger partial charge in [0.2, 0.25) is 0 Å². The summed E-state index contributed by atoms with van der Waals surface area (Å²) in [7, 11) is 0. The van der Waals surface area contributed by atoms with Gasteiger partial charge in [-0.15, -0.1) is 0 Å². The molecule has 10 heteroatoms. The molecular formula is C12H5Cl3N2O4S. The minimum atomic E-state index is -0.701. The van der Waals surface area contributed by atoms with Gasteiger partial charge in [-0.05, 0) is 18.2 Å². The third-order valence-electron chi connectivity index (χ3n) is 2.54. The van der Waals surface area contributed by atoms with E-state index in [2.05, 4.69) is 0 Å². The first-order valence-corrected chi connectivity index (χ1v) is 7.50. The normalized spacial score (nSPS) is 10.5. The van der Waals surface area contributed by atoms with Crippen molar-refractivity contribution >= 4 is 57.9 Å². The van der Waals surface area contributed by atoms with Crippen LogP contribution in [0.15, 0.2) is 40.1 Å². The molecule has 0 aliphatic carbocycles. The fourth-order valence-corrected chi connectivity index (χ4v) is 3.22. The molecule has 0 aromatic heterocycles. The van der Waals surface area contributed by atoms with Gasteiger partial charge >= 0.3 is 0 Å². The number of rotatable bonds is 4. The Balaban J connectivity index is 2.47. The Morgan fingerprint density at radius 2 is 1.45 bits per heavy atom. The lowest BCUT2D eigenvalue weighted by atomic mass is 10.3. The zero-order chi connectivity index (χ0) is 16.4. The van der Waals surface area contributed by atoms with Gasteiger partial charge in [0.05, 0.1) is 35.9 Å². The molecular weight excluding hydrogens is 375 g/mol. The fourth-order valence-electron chi connectivity index (χ4n) is 1.55. The molecule has 114 valence electrons. The summed E-state index contributed by atoms with van der Waals surface area (Å²) in [6, 6.07) is 6.27. The summed E-state index contributed by atoms with van der Waals surface area (Å²) in [5.74, 6) is 0. The van der Waals surface area contributed by atoms with Gasteiger partial charge in [0.25, 0.3) is 11.4 Å². The molecule has 0 saturated carbocycles. The summed E-state index contributed by atoms with van der Waals surface area (Å²) >= 11 is 18.7. The Bertz CT molecular complexity index is 785. The zero-order valence-electron chi connectivity index (χ0n) is 10.5. The van der Waals surface area contributed by atoms with E-state index in [1.165, 1.54) is 24.3 Å². The lowest BCUT2D eigenvalue weighted by Crippen LogP contribution is -1.94. The van der Waals surface area contributed by atoms with Crippen molar-refractivity contribution in [2.75, 3.05) is 0 Å². The number of nitro groups is 2. The summed E-state index contributed by atoms with van der Waals surface area (Å²) in [5, 5.41) is 22.6. The molecule has 0 spiro atoms. The van der Waals surface area contributed by atoms with E-state index >= 15 is 0 Å². The van der Waals surface area contributed by atoms with Gasteiger partial charge in [-0.1, -0.05) is 46.6 Å². The number of halogens is 3. The van der Waals surface area contributed by atoms with Crippen LogP contribution in [0.4, 0.5) is 11.4 Å². The van der Waals surface area contributed by atoms with E-state index in [-0.39, 0.29) is 31.3 Å². The van der Waals surface area contributed by atoms with Crippen LogP contribution in [0.25, 0.3) is 0 Å². The van der Waals surface area contributed by atoms with Gasteiger partial charge in [0.1, 0.15) is 0 Å². The van der Waals surface area contributed by atoms with Crippen molar-refractivity contribution < 1.29 is 9.85 Å². The summed E-state index contributed by atoms with van der Waals surface area (Å²) in [6.07, 6.45) is 0. The molecule has 0 saturated heterocycles. The average molecular weight is 380 g/mol. The predicted molar refractivity (Wildman–Crippen MR) is 85.3 cm³/mol. The second kappa shape index (κ2) is 6.70. The average Bonchev–Trinajstić information content (AvgIpc) is 2.44. The molecule has 0 radical (unpaired) electrons. The van der Waals surface area contributed by atoms with Gasteiger partial charge in [-0.3, -0.25) is 20.2 Å². The molecule has 0 aliphatic heterocycles. The van der Waals surface area contributed by atoms with E-state index in [0.29, 0.717) is 4.90 Å². The molecule has 0 unspecified atom stereocenters. The van der Waals surface area contributed by atoms with Crippen molar-refractivity contribution in [3.8, 4) is 0 Å². The van der Waals surface area contributed by atoms with E-state index in [1.54, 1.807) is 0 Å². The van der Waals surface area contributed by atoms with Crippen LogP contribution in [0.3, 0.4) is 0 Å². The Kier molecular flexibility index (Phi) is 5.12. The number of hydrogen-bond acceptors (Lipinski definition) is 5. The lowest BCUT2D eigenvalue weighted by Gasteiger charge is -2.07. The smallest absolute Gasteiger partial charge is 0.258 e. The van der Waals surface area contributed by atoms with Crippen molar-refractivity contribution in [2.24, 2.45) is 0 Å². The van der Waals surface area contributed by atoms with E-state index < -0.39 is 9.85 Å². The summed E-state index contributed by atoms with van der Waals surface area (Å²) in [5.41, 5.74) is -0.752. The molecule has 0 aliphatic rings. The van der Waals surface area contributed by atoms with E-state index in [4.69, 9.17) is 34.8 Å². The molecule has 0 atom stereocenters. The first kappa shape index (κ1) is 16.8. The van der Waals surface area contributed by atoms with Crippen molar-refractivity contribution in [1.29, 1.82) is 0 Å². The van der Waals surface area contributed by atoms with Gasteiger partial charge in [0, 0.05) is 11.0 Å². The molecule has 22 heavy (non-hydrogen) atoms. The van der Waals surface area contributed by atoms with Crippen LogP contribution in [0.1, 0.15) is 0 Å². The van der Waals surface area contributed by atoms with Gasteiger partial charge in [0.15, 0.2) is 0 Å². The van der Waals surface area contributed by atoms with Crippen molar-refractivity contribution in [3.05, 3.63) is 65.6 Å². The minimum Gasteiger partial charge on any atom is -0.258 e. The second-order valence-electron chi connectivity index (χ2n) is 3.97. The lowest BCUT2D eigenvalue weighted by molar-refractivity contribution is -0.396.